The highest BCUT2D eigenvalue weighted by atomic mass is 32.2. The van der Waals surface area contributed by atoms with E-state index < -0.39 is 9.84 Å². The third-order valence-corrected chi connectivity index (χ3v) is 14.1. The van der Waals surface area contributed by atoms with Crippen LogP contribution >= 0.6 is 0 Å². The lowest BCUT2D eigenvalue weighted by molar-refractivity contribution is -0.203. The first-order valence-electron chi connectivity index (χ1n) is 16.0. The zero-order chi connectivity index (χ0) is 27.9. The summed E-state index contributed by atoms with van der Waals surface area (Å²) in [7, 11) is -3.26. The first-order valence-corrected chi connectivity index (χ1v) is 17.8. The number of ketones is 1. The molecule has 5 nitrogen and oxygen atoms in total. The molecule has 0 unspecified atom stereocenters. The van der Waals surface area contributed by atoms with Crippen molar-refractivity contribution in [3.8, 4) is 0 Å². The lowest BCUT2D eigenvalue weighted by Gasteiger charge is -2.64. The average molecular weight is 553 g/mol. The number of aliphatic hydroxyl groups is 2. The molecule has 38 heavy (non-hydrogen) atoms. The van der Waals surface area contributed by atoms with Gasteiger partial charge in [0, 0.05) is 6.42 Å². The fourth-order valence-electron chi connectivity index (χ4n) is 10.5. The lowest BCUT2D eigenvalue weighted by atomic mass is 9.41. The van der Waals surface area contributed by atoms with Crippen LogP contribution in [-0.2, 0) is 14.6 Å². The van der Waals surface area contributed by atoms with Crippen molar-refractivity contribution in [3.63, 3.8) is 0 Å². The van der Waals surface area contributed by atoms with Crippen LogP contribution in [0, 0.1) is 52.3 Å². The number of unbranched alkanes of at least 4 members (excludes halogenated alkanes) is 1. The summed E-state index contributed by atoms with van der Waals surface area (Å²) in [5.74, 6) is 2.99. The van der Waals surface area contributed by atoms with E-state index in [9.17, 15) is 23.4 Å². The lowest BCUT2D eigenvalue weighted by Crippen LogP contribution is -2.62. The first-order chi connectivity index (χ1) is 17.9. The SMILES string of the molecule is CCCCS(=O)(=O)CC(=O)CCC[C@@H](C)[C@H]1CC[C@H]2[C@@H]3[C@H](O)[C@H](CC)[C@@H]4C[C@H](O)CC[C@]4(C)[C@H]3CC[C@]12C. The van der Waals surface area contributed by atoms with Crippen molar-refractivity contribution in [3.05, 3.63) is 0 Å². The molecule has 0 aliphatic heterocycles. The van der Waals surface area contributed by atoms with Gasteiger partial charge in [0.25, 0.3) is 0 Å². The number of aliphatic hydroxyl groups excluding tert-OH is 2. The van der Waals surface area contributed by atoms with Crippen molar-refractivity contribution in [1.29, 1.82) is 0 Å². The van der Waals surface area contributed by atoms with Crippen LogP contribution < -0.4 is 0 Å². The van der Waals surface area contributed by atoms with E-state index in [1.165, 1.54) is 25.7 Å². The van der Waals surface area contributed by atoms with Crippen molar-refractivity contribution in [1.82, 2.24) is 0 Å². The number of hydrogen-bond donors (Lipinski definition) is 2. The van der Waals surface area contributed by atoms with Crippen LogP contribution in [0.4, 0.5) is 0 Å². The normalized spacial score (nSPS) is 43.7. The van der Waals surface area contributed by atoms with Gasteiger partial charge in [-0.2, -0.15) is 0 Å². The summed E-state index contributed by atoms with van der Waals surface area (Å²) < 4.78 is 24.3. The highest BCUT2D eigenvalue weighted by Crippen LogP contribution is 2.69. The van der Waals surface area contributed by atoms with Crippen molar-refractivity contribution >= 4 is 15.6 Å². The van der Waals surface area contributed by atoms with E-state index in [1.54, 1.807) is 0 Å². The minimum atomic E-state index is -3.26. The maximum atomic E-state index is 12.4. The van der Waals surface area contributed by atoms with Crippen LogP contribution in [0.25, 0.3) is 0 Å². The van der Waals surface area contributed by atoms with Gasteiger partial charge in [0.1, 0.15) is 11.5 Å². The molecule has 0 aromatic rings. The minimum absolute atomic E-state index is 0.124. The minimum Gasteiger partial charge on any atom is -0.393 e. The molecule has 0 radical (unpaired) electrons. The molecule has 0 bridgehead atoms. The van der Waals surface area contributed by atoms with E-state index in [2.05, 4.69) is 27.7 Å². The van der Waals surface area contributed by atoms with Crippen LogP contribution in [0.1, 0.15) is 118 Å². The molecule has 0 saturated heterocycles. The Kier molecular flexibility index (Phi) is 9.47. The molecule has 4 rings (SSSR count). The van der Waals surface area contributed by atoms with Gasteiger partial charge in [0.2, 0.25) is 0 Å². The molecule has 0 aromatic heterocycles. The molecule has 0 aromatic carbocycles. The summed E-state index contributed by atoms with van der Waals surface area (Å²) in [5, 5.41) is 22.4. The zero-order valence-electron chi connectivity index (χ0n) is 24.8. The highest BCUT2D eigenvalue weighted by molar-refractivity contribution is 7.92. The Labute approximate surface area is 232 Å². The summed E-state index contributed by atoms with van der Waals surface area (Å²) in [6, 6.07) is 0. The largest absolute Gasteiger partial charge is 0.393 e. The molecule has 4 aliphatic carbocycles. The second kappa shape index (κ2) is 11.8. The fraction of sp³-hybridized carbons (Fsp3) is 0.969. The summed E-state index contributed by atoms with van der Waals surface area (Å²) in [6.45, 7) is 11.5. The first kappa shape index (κ1) is 30.5. The van der Waals surface area contributed by atoms with E-state index in [-0.39, 0.29) is 46.2 Å². The maximum absolute atomic E-state index is 12.4. The summed E-state index contributed by atoms with van der Waals surface area (Å²) in [6.07, 6.45) is 11.7. The Morgan fingerprint density at radius 1 is 0.947 bits per heavy atom. The molecular weight excluding hydrogens is 496 g/mol. The molecule has 0 heterocycles. The standard InChI is InChI=1S/C32H56O5S/c1-6-8-18-38(36,37)20-23(34)11-9-10-21(3)25-12-13-26-29-27(15-17-31(25,26)4)32(5)16-14-22(33)19-28(32)24(7-2)30(29)35/h21-22,24-30,33,35H,6-20H2,1-5H3/t21-,22-,24-,25-,26+,27+,28+,29+,30-,31-,32-/m1/s1. The van der Waals surface area contributed by atoms with Crippen LogP contribution in [0.15, 0.2) is 0 Å². The van der Waals surface area contributed by atoms with E-state index in [4.69, 9.17) is 0 Å². The van der Waals surface area contributed by atoms with Crippen LogP contribution in [0.2, 0.25) is 0 Å². The van der Waals surface area contributed by atoms with E-state index in [0.717, 1.165) is 44.9 Å². The summed E-state index contributed by atoms with van der Waals surface area (Å²) >= 11 is 0. The number of fused-ring (bicyclic) bond motifs is 5. The second-order valence-electron chi connectivity index (χ2n) is 14.5. The molecule has 4 fully saturated rings. The predicted octanol–water partition coefficient (Wildman–Crippen LogP) is 6.20. The van der Waals surface area contributed by atoms with Gasteiger partial charge in [-0.05, 0) is 110 Å². The number of Topliss-reactive ketones (excluding diaryl/α,β-unsaturated/α-hetero) is 1. The van der Waals surface area contributed by atoms with Gasteiger partial charge in [-0.3, -0.25) is 4.79 Å². The van der Waals surface area contributed by atoms with E-state index in [1.807, 2.05) is 6.92 Å². The number of carbonyl (C=O) groups excluding carboxylic acids is 1. The molecule has 11 atom stereocenters. The number of carbonyl (C=O) groups is 1. The summed E-state index contributed by atoms with van der Waals surface area (Å²) in [4.78, 5) is 12.4. The average Bonchev–Trinajstić information content (AvgIpc) is 3.21. The van der Waals surface area contributed by atoms with Crippen LogP contribution in [0.5, 0.6) is 0 Å². The van der Waals surface area contributed by atoms with E-state index in [0.29, 0.717) is 48.3 Å². The Hall–Kier alpha value is -0.460. The topological polar surface area (TPSA) is 91.7 Å². The molecule has 4 aliphatic rings. The predicted molar refractivity (Wildman–Crippen MR) is 153 cm³/mol. The van der Waals surface area contributed by atoms with Crippen molar-refractivity contribution in [2.45, 2.75) is 130 Å². The van der Waals surface area contributed by atoms with Crippen LogP contribution in [0.3, 0.4) is 0 Å². The molecule has 0 amide bonds. The van der Waals surface area contributed by atoms with Gasteiger partial charge in [-0.15, -0.1) is 0 Å². The Balaban J connectivity index is 1.40. The fourth-order valence-corrected chi connectivity index (χ4v) is 12.0. The quantitative estimate of drug-likeness (QED) is 0.318. The third kappa shape index (κ3) is 5.66. The summed E-state index contributed by atoms with van der Waals surface area (Å²) in [5.41, 5.74) is 0.456. The van der Waals surface area contributed by atoms with Gasteiger partial charge in [0.15, 0.2) is 9.84 Å². The Morgan fingerprint density at radius 2 is 1.63 bits per heavy atom. The molecule has 4 saturated carbocycles. The maximum Gasteiger partial charge on any atom is 0.157 e. The van der Waals surface area contributed by atoms with Gasteiger partial charge in [-0.1, -0.05) is 53.9 Å². The van der Waals surface area contributed by atoms with Crippen LogP contribution in [-0.4, -0.2) is 48.1 Å². The van der Waals surface area contributed by atoms with Crippen molar-refractivity contribution in [2.75, 3.05) is 11.5 Å². The van der Waals surface area contributed by atoms with Crippen molar-refractivity contribution in [2.24, 2.45) is 52.3 Å². The van der Waals surface area contributed by atoms with Gasteiger partial charge in [-0.25, -0.2) is 8.42 Å². The van der Waals surface area contributed by atoms with Gasteiger partial charge < -0.3 is 10.2 Å². The number of hydrogen-bond acceptors (Lipinski definition) is 5. The van der Waals surface area contributed by atoms with Crippen molar-refractivity contribution < 1.29 is 23.4 Å². The Bertz CT molecular complexity index is 932. The monoisotopic (exact) mass is 552 g/mol. The number of rotatable bonds is 11. The van der Waals surface area contributed by atoms with Gasteiger partial charge >= 0.3 is 0 Å². The van der Waals surface area contributed by atoms with Gasteiger partial charge in [0.05, 0.1) is 18.0 Å². The molecule has 220 valence electrons. The third-order valence-electron chi connectivity index (χ3n) is 12.5. The molecular formula is C32H56O5S. The highest BCUT2D eigenvalue weighted by Gasteiger charge is 2.64. The molecule has 6 heteroatoms. The Morgan fingerprint density at radius 3 is 2.32 bits per heavy atom. The second-order valence-corrected chi connectivity index (χ2v) is 16.7. The smallest absolute Gasteiger partial charge is 0.157 e. The molecule has 2 N–H and O–H groups in total. The van der Waals surface area contributed by atoms with E-state index >= 15 is 0 Å². The zero-order valence-corrected chi connectivity index (χ0v) is 25.6. The number of sulfone groups is 1. The molecule has 0 spiro atoms.